The minimum Gasteiger partial charge on any atom is -0.461 e. The lowest BCUT2D eigenvalue weighted by Crippen LogP contribution is -2.05. The van der Waals surface area contributed by atoms with Gasteiger partial charge >= 0.3 is 11.9 Å². The van der Waals surface area contributed by atoms with Gasteiger partial charge in [0.15, 0.2) is 0 Å². The number of ether oxygens (including phenoxy) is 2. The van der Waals surface area contributed by atoms with Gasteiger partial charge < -0.3 is 9.47 Å². The standard InChI is InChI=1S/C35H63N3O4/c1-3-5-7-9-11-19-25-31-41-34(39)29-23-17-13-15-21-27-33(37-38-36)28-22-16-14-18-24-30-35(40)42-32-26-20-12-10-8-6-4-2/h19-20,25-26,33H,3-18,21-24,27-32H2,1-2H3/b25-19-,26-20-. The first-order valence-electron chi connectivity index (χ1n) is 17.3. The van der Waals surface area contributed by atoms with Gasteiger partial charge in [-0.25, -0.2) is 0 Å². The van der Waals surface area contributed by atoms with Gasteiger partial charge in [-0.15, -0.1) is 0 Å². The molecule has 42 heavy (non-hydrogen) atoms. The number of hydrogen-bond donors (Lipinski definition) is 0. The van der Waals surface area contributed by atoms with Crippen molar-refractivity contribution in [2.24, 2.45) is 5.11 Å². The second kappa shape index (κ2) is 33.2. The van der Waals surface area contributed by atoms with Crippen molar-refractivity contribution in [3.63, 3.8) is 0 Å². The van der Waals surface area contributed by atoms with E-state index in [1.54, 1.807) is 0 Å². The van der Waals surface area contributed by atoms with Gasteiger partial charge in [0.25, 0.3) is 0 Å². The Labute approximate surface area is 257 Å². The van der Waals surface area contributed by atoms with Crippen molar-refractivity contribution in [2.45, 2.75) is 174 Å². The van der Waals surface area contributed by atoms with E-state index in [4.69, 9.17) is 15.0 Å². The fourth-order valence-corrected chi connectivity index (χ4v) is 4.87. The molecule has 0 rings (SSSR count). The molecule has 0 spiro atoms. The summed E-state index contributed by atoms with van der Waals surface area (Å²) in [6.45, 7) is 5.20. The third-order valence-corrected chi connectivity index (χ3v) is 7.51. The topological polar surface area (TPSA) is 101 Å². The van der Waals surface area contributed by atoms with Crippen LogP contribution in [0.2, 0.25) is 0 Å². The molecule has 242 valence electrons. The summed E-state index contributed by atoms with van der Waals surface area (Å²) in [5.41, 5.74) is 8.92. The lowest BCUT2D eigenvalue weighted by atomic mass is 10.0. The second-order valence-corrected chi connectivity index (χ2v) is 11.5. The lowest BCUT2D eigenvalue weighted by molar-refractivity contribution is -0.143. The second-order valence-electron chi connectivity index (χ2n) is 11.5. The van der Waals surface area contributed by atoms with Gasteiger partial charge in [0.05, 0.1) is 0 Å². The van der Waals surface area contributed by atoms with Crippen LogP contribution in [0.15, 0.2) is 29.4 Å². The Morgan fingerprint density at radius 2 is 1.00 bits per heavy atom. The van der Waals surface area contributed by atoms with Crippen molar-refractivity contribution in [3.8, 4) is 0 Å². The van der Waals surface area contributed by atoms with E-state index in [9.17, 15) is 9.59 Å². The Morgan fingerprint density at radius 1 is 0.595 bits per heavy atom. The number of hydrogen-bond acceptors (Lipinski definition) is 5. The van der Waals surface area contributed by atoms with Crippen molar-refractivity contribution in [2.75, 3.05) is 13.2 Å². The van der Waals surface area contributed by atoms with E-state index in [-0.39, 0.29) is 18.0 Å². The summed E-state index contributed by atoms with van der Waals surface area (Å²) in [6.07, 6.45) is 33.4. The Bertz CT molecular complexity index is 680. The third-order valence-electron chi connectivity index (χ3n) is 7.51. The van der Waals surface area contributed by atoms with E-state index in [2.05, 4.69) is 36.0 Å². The molecule has 0 aliphatic carbocycles. The van der Waals surface area contributed by atoms with Crippen LogP contribution in [0.1, 0.15) is 168 Å². The molecule has 0 radical (unpaired) electrons. The SMILES string of the molecule is CCCCCC/C=C\COC(=O)CCCCCCCC(CCCCCCCC(=O)OC/C=C\CCCCCC)N=[N+]=[N-]. The van der Waals surface area contributed by atoms with Crippen LogP contribution in [0.4, 0.5) is 0 Å². The number of unbranched alkanes of at least 4 members (excludes halogenated alkanes) is 16. The van der Waals surface area contributed by atoms with E-state index in [1.807, 2.05) is 12.2 Å². The Balaban J connectivity index is 3.64. The summed E-state index contributed by atoms with van der Waals surface area (Å²) >= 11 is 0. The number of carbonyl (C=O) groups is 2. The molecule has 0 bridgehead atoms. The summed E-state index contributed by atoms with van der Waals surface area (Å²) in [5, 5.41) is 4.01. The molecule has 0 saturated heterocycles. The first-order valence-corrected chi connectivity index (χ1v) is 17.3. The molecule has 7 heteroatoms. The normalized spacial score (nSPS) is 11.4. The highest BCUT2D eigenvalue weighted by molar-refractivity contribution is 5.69. The smallest absolute Gasteiger partial charge is 0.306 e. The zero-order valence-electron chi connectivity index (χ0n) is 27.2. The van der Waals surface area contributed by atoms with E-state index >= 15 is 0 Å². The number of carbonyl (C=O) groups excluding carboxylic acids is 2. The minimum absolute atomic E-state index is 0.0688. The van der Waals surface area contributed by atoms with E-state index < -0.39 is 0 Å². The number of nitrogens with zero attached hydrogens (tertiary/aromatic N) is 3. The molecule has 0 atom stereocenters. The average Bonchev–Trinajstić information content (AvgIpc) is 2.98. The average molecular weight is 590 g/mol. The number of allylic oxidation sites excluding steroid dienone is 2. The van der Waals surface area contributed by atoms with E-state index in [1.165, 1.54) is 51.4 Å². The molecule has 0 amide bonds. The van der Waals surface area contributed by atoms with Crippen molar-refractivity contribution in [1.29, 1.82) is 0 Å². The van der Waals surface area contributed by atoms with Gasteiger partial charge in [0.2, 0.25) is 0 Å². The summed E-state index contributed by atoms with van der Waals surface area (Å²) < 4.78 is 10.5. The van der Waals surface area contributed by atoms with Crippen LogP contribution in [0.3, 0.4) is 0 Å². The maximum atomic E-state index is 11.8. The van der Waals surface area contributed by atoms with Gasteiger partial charge in [-0.2, -0.15) is 0 Å². The van der Waals surface area contributed by atoms with E-state index in [0.29, 0.717) is 26.1 Å². The maximum Gasteiger partial charge on any atom is 0.306 e. The van der Waals surface area contributed by atoms with Gasteiger partial charge in [0.1, 0.15) is 13.2 Å². The summed E-state index contributed by atoms with van der Waals surface area (Å²) in [4.78, 5) is 26.7. The first kappa shape index (κ1) is 39.7. The Kier molecular flexibility index (Phi) is 31.4. The predicted molar refractivity (Wildman–Crippen MR) is 175 cm³/mol. The van der Waals surface area contributed by atoms with E-state index in [0.717, 1.165) is 89.9 Å². The molecule has 0 unspecified atom stereocenters. The fourth-order valence-electron chi connectivity index (χ4n) is 4.87. The molecule has 0 N–H and O–H groups in total. The quantitative estimate of drug-likeness (QED) is 0.0200. The minimum atomic E-state index is -0.106. The molecule has 0 aliphatic heterocycles. The number of rotatable bonds is 31. The molecule has 7 nitrogen and oxygen atoms in total. The van der Waals surface area contributed by atoms with Crippen LogP contribution in [0.5, 0.6) is 0 Å². The molecule has 0 aromatic rings. The van der Waals surface area contributed by atoms with Crippen LogP contribution in [0.25, 0.3) is 10.4 Å². The number of esters is 2. The highest BCUT2D eigenvalue weighted by Gasteiger charge is 2.07. The highest BCUT2D eigenvalue weighted by atomic mass is 16.5. The van der Waals surface area contributed by atoms with Crippen LogP contribution in [-0.2, 0) is 19.1 Å². The monoisotopic (exact) mass is 589 g/mol. The molecular weight excluding hydrogens is 526 g/mol. The third kappa shape index (κ3) is 30.7. The van der Waals surface area contributed by atoms with Gasteiger partial charge in [-0.1, -0.05) is 133 Å². The Hall–Kier alpha value is -2.27. The molecule has 0 aromatic heterocycles. The van der Waals surface area contributed by atoms with Crippen molar-refractivity contribution >= 4 is 11.9 Å². The maximum absolute atomic E-state index is 11.8. The molecule has 0 aliphatic rings. The van der Waals surface area contributed by atoms with Gasteiger partial charge in [-0.05, 0) is 56.9 Å². The molecule has 0 saturated carbocycles. The Morgan fingerprint density at radius 3 is 1.43 bits per heavy atom. The van der Waals surface area contributed by atoms with Crippen LogP contribution >= 0.6 is 0 Å². The van der Waals surface area contributed by atoms with Crippen molar-refractivity contribution < 1.29 is 19.1 Å². The zero-order chi connectivity index (χ0) is 30.8. The van der Waals surface area contributed by atoms with Gasteiger partial charge in [0, 0.05) is 23.8 Å². The van der Waals surface area contributed by atoms with Crippen LogP contribution in [-0.4, -0.2) is 31.2 Å². The van der Waals surface area contributed by atoms with Crippen molar-refractivity contribution in [3.05, 3.63) is 34.7 Å². The van der Waals surface area contributed by atoms with Crippen LogP contribution < -0.4 is 0 Å². The first-order chi connectivity index (χ1) is 20.6. The fraction of sp³-hybridized carbons (Fsp3) is 0.829. The summed E-state index contributed by atoms with van der Waals surface area (Å²) in [7, 11) is 0. The molecule has 0 heterocycles. The molecule has 0 fully saturated rings. The number of azide groups is 1. The van der Waals surface area contributed by atoms with Crippen LogP contribution in [0, 0.1) is 0 Å². The predicted octanol–water partition coefficient (Wildman–Crippen LogP) is 11.3. The van der Waals surface area contributed by atoms with Gasteiger partial charge in [-0.3, -0.25) is 9.59 Å². The lowest BCUT2D eigenvalue weighted by Gasteiger charge is -2.11. The molecular formula is C35H63N3O4. The van der Waals surface area contributed by atoms with Crippen molar-refractivity contribution in [1.82, 2.24) is 0 Å². The largest absolute Gasteiger partial charge is 0.461 e. The summed E-state index contributed by atoms with van der Waals surface area (Å²) in [6, 6.07) is 0.0688. The summed E-state index contributed by atoms with van der Waals surface area (Å²) in [5.74, 6) is -0.213. The zero-order valence-corrected chi connectivity index (χ0v) is 27.2. The highest BCUT2D eigenvalue weighted by Crippen LogP contribution is 2.17. The molecule has 0 aromatic carbocycles.